The summed E-state index contributed by atoms with van der Waals surface area (Å²) in [5.74, 6) is 0.950. The molecule has 0 radical (unpaired) electrons. The largest absolute Gasteiger partial charge is 0.497 e. The quantitative estimate of drug-likeness (QED) is 0.326. The molecule has 7 nitrogen and oxygen atoms in total. The van der Waals surface area contributed by atoms with Crippen LogP contribution >= 0.6 is 0 Å². The van der Waals surface area contributed by atoms with Crippen molar-refractivity contribution in [3.63, 3.8) is 0 Å². The summed E-state index contributed by atoms with van der Waals surface area (Å²) in [5, 5.41) is 4.77. The molecule has 1 atom stereocenters. The summed E-state index contributed by atoms with van der Waals surface area (Å²) in [6.45, 7) is 1.87. The van der Waals surface area contributed by atoms with Crippen LogP contribution in [-0.4, -0.2) is 27.5 Å². The van der Waals surface area contributed by atoms with E-state index >= 15 is 0 Å². The van der Waals surface area contributed by atoms with Crippen molar-refractivity contribution in [1.82, 2.24) is 0 Å². The molecule has 1 amide bonds. The summed E-state index contributed by atoms with van der Waals surface area (Å²) in [7, 11) is -2.25. The lowest BCUT2D eigenvalue weighted by Gasteiger charge is -2.18. The molecule has 35 heavy (non-hydrogen) atoms. The van der Waals surface area contributed by atoms with E-state index in [1.54, 1.807) is 36.4 Å². The molecular weight excluding hydrogens is 464 g/mol. The topological polar surface area (TPSA) is 93.7 Å². The van der Waals surface area contributed by atoms with Gasteiger partial charge in [0.05, 0.1) is 12.0 Å². The number of nitrogens with one attached hydrogen (secondary N) is 2. The van der Waals surface area contributed by atoms with Gasteiger partial charge in [0, 0.05) is 16.8 Å². The van der Waals surface area contributed by atoms with Crippen LogP contribution in [0.4, 0.5) is 11.4 Å². The van der Waals surface area contributed by atoms with E-state index in [9.17, 15) is 13.2 Å². The molecule has 1 unspecified atom stereocenters. The fraction of sp³-hybridized carbons (Fsp3) is 0.148. The van der Waals surface area contributed by atoms with Gasteiger partial charge in [0.1, 0.15) is 11.5 Å². The Morgan fingerprint density at radius 2 is 1.51 bits per heavy atom. The van der Waals surface area contributed by atoms with E-state index in [1.165, 1.54) is 19.2 Å². The number of hydrogen-bond acceptors (Lipinski definition) is 5. The first-order valence-electron chi connectivity index (χ1n) is 11.1. The molecule has 0 saturated carbocycles. The molecule has 0 spiro atoms. The van der Waals surface area contributed by atoms with E-state index in [0.29, 0.717) is 29.3 Å². The highest BCUT2D eigenvalue weighted by Gasteiger charge is 2.20. The number of ether oxygens (including phenoxy) is 2. The van der Waals surface area contributed by atoms with Crippen LogP contribution in [0.15, 0.2) is 95.9 Å². The smallest absolute Gasteiger partial charge is 0.265 e. The maximum atomic E-state index is 12.9. The number of rotatable bonds is 9. The third-order valence-electron chi connectivity index (χ3n) is 5.46. The van der Waals surface area contributed by atoms with Crippen molar-refractivity contribution in [3.8, 4) is 11.5 Å². The Morgan fingerprint density at radius 3 is 2.20 bits per heavy atom. The lowest BCUT2D eigenvalue weighted by atomic mass is 10.1. The summed E-state index contributed by atoms with van der Waals surface area (Å²) in [6.07, 6.45) is -0.242. The SMILES string of the molecule is CCC(Oc1cccc2ccccc12)C(=O)Nc1ccc(S(=O)(=O)Nc2ccc(OC)cc2)cc1. The van der Waals surface area contributed by atoms with Crippen molar-refractivity contribution in [2.45, 2.75) is 24.3 Å². The second-order valence-corrected chi connectivity index (χ2v) is 9.52. The van der Waals surface area contributed by atoms with Crippen molar-refractivity contribution in [2.75, 3.05) is 17.1 Å². The van der Waals surface area contributed by atoms with Crippen LogP contribution in [0.1, 0.15) is 13.3 Å². The molecule has 0 aliphatic heterocycles. The Balaban J connectivity index is 1.43. The predicted octanol–water partition coefficient (Wildman–Crippen LogP) is 5.45. The van der Waals surface area contributed by atoms with Gasteiger partial charge < -0.3 is 14.8 Å². The van der Waals surface area contributed by atoms with Crippen LogP contribution in [0.3, 0.4) is 0 Å². The molecule has 4 aromatic rings. The van der Waals surface area contributed by atoms with Crippen LogP contribution in [-0.2, 0) is 14.8 Å². The third-order valence-corrected chi connectivity index (χ3v) is 6.85. The number of hydrogen-bond donors (Lipinski definition) is 2. The summed E-state index contributed by atoms with van der Waals surface area (Å²) < 4.78 is 39.1. The molecule has 8 heteroatoms. The minimum atomic E-state index is -3.79. The Bertz CT molecular complexity index is 1410. The predicted molar refractivity (Wildman–Crippen MR) is 138 cm³/mol. The van der Waals surface area contributed by atoms with Gasteiger partial charge >= 0.3 is 0 Å². The number of benzene rings is 4. The van der Waals surface area contributed by atoms with E-state index in [2.05, 4.69) is 10.0 Å². The summed E-state index contributed by atoms with van der Waals surface area (Å²) in [5.41, 5.74) is 0.887. The zero-order valence-corrected chi connectivity index (χ0v) is 20.2. The highest BCUT2D eigenvalue weighted by molar-refractivity contribution is 7.92. The maximum absolute atomic E-state index is 12.9. The molecule has 0 aliphatic carbocycles. The van der Waals surface area contributed by atoms with E-state index in [0.717, 1.165) is 10.8 Å². The first-order valence-corrected chi connectivity index (χ1v) is 12.6. The average molecular weight is 491 g/mol. The van der Waals surface area contributed by atoms with Crippen molar-refractivity contribution in [2.24, 2.45) is 0 Å². The Morgan fingerprint density at radius 1 is 0.857 bits per heavy atom. The molecule has 0 heterocycles. The van der Waals surface area contributed by atoms with Gasteiger partial charge in [-0.25, -0.2) is 8.42 Å². The molecular formula is C27H26N2O5S. The fourth-order valence-electron chi connectivity index (χ4n) is 3.59. The first kappa shape index (κ1) is 24.1. The molecule has 0 fully saturated rings. The number of methoxy groups -OCH3 is 1. The van der Waals surface area contributed by atoms with Gasteiger partial charge in [0.25, 0.3) is 15.9 Å². The highest BCUT2D eigenvalue weighted by Crippen LogP contribution is 2.27. The second-order valence-electron chi connectivity index (χ2n) is 7.84. The first-order chi connectivity index (χ1) is 16.9. The molecule has 0 aliphatic rings. The van der Waals surface area contributed by atoms with Gasteiger partial charge in [-0.15, -0.1) is 0 Å². The molecule has 0 saturated heterocycles. The summed E-state index contributed by atoms with van der Waals surface area (Å²) >= 11 is 0. The molecule has 0 bridgehead atoms. The number of sulfonamides is 1. The monoisotopic (exact) mass is 490 g/mol. The lowest BCUT2D eigenvalue weighted by Crippen LogP contribution is -2.32. The number of amides is 1. The third kappa shape index (κ3) is 5.73. The van der Waals surface area contributed by atoms with Gasteiger partial charge in [-0.2, -0.15) is 0 Å². The maximum Gasteiger partial charge on any atom is 0.265 e. The zero-order chi connectivity index (χ0) is 24.8. The normalized spacial score (nSPS) is 12.1. The Hall–Kier alpha value is -4.04. The van der Waals surface area contributed by atoms with E-state index in [-0.39, 0.29) is 10.8 Å². The minimum Gasteiger partial charge on any atom is -0.497 e. The van der Waals surface area contributed by atoms with Crippen LogP contribution in [0.25, 0.3) is 10.8 Å². The highest BCUT2D eigenvalue weighted by atomic mass is 32.2. The molecule has 4 rings (SSSR count). The second kappa shape index (κ2) is 10.5. The Kier molecular flexibility index (Phi) is 7.22. The average Bonchev–Trinajstić information content (AvgIpc) is 2.88. The van der Waals surface area contributed by atoms with Crippen molar-refractivity contribution in [1.29, 1.82) is 0 Å². The molecule has 2 N–H and O–H groups in total. The fourth-order valence-corrected chi connectivity index (χ4v) is 4.65. The van der Waals surface area contributed by atoms with Crippen LogP contribution in [0.2, 0.25) is 0 Å². The van der Waals surface area contributed by atoms with Gasteiger partial charge in [0.2, 0.25) is 0 Å². The van der Waals surface area contributed by atoms with Gasteiger partial charge in [-0.3, -0.25) is 9.52 Å². The van der Waals surface area contributed by atoms with Crippen molar-refractivity contribution >= 4 is 38.1 Å². The van der Waals surface area contributed by atoms with E-state index in [4.69, 9.17) is 9.47 Å². The summed E-state index contributed by atoms with van der Waals surface area (Å²) in [6, 6.07) is 26.1. The number of fused-ring (bicyclic) bond motifs is 1. The van der Waals surface area contributed by atoms with Crippen LogP contribution in [0.5, 0.6) is 11.5 Å². The Labute approximate surface area is 204 Å². The lowest BCUT2D eigenvalue weighted by molar-refractivity contribution is -0.122. The van der Waals surface area contributed by atoms with Crippen LogP contribution in [0, 0.1) is 0 Å². The van der Waals surface area contributed by atoms with Gasteiger partial charge in [-0.1, -0.05) is 43.3 Å². The standard InChI is InChI=1S/C27H26N2O5S/c1-3-25(34-26-10-6-8-19-7-4-5-9-24(19)26)27(30)28-20-13-17-23(18-14-20)35(31,32)29-21-11-15-22(33-2)16-12-21/h4-18,25,29H,3H2,1-2H3,(H,28,30). The minimum absolute atomic E-state index is 0.0744. The van der Waals surface area contributed by atoms with Gasteiger partial charge in [0.15, 0.2) is 6.10 Å². The molecule has 0 aromatic heterocycles. The van der Waals surface area contributed by atoms with Gasteiger partial charge in [-0.05, 0) is 66.4 Å². The molecule has 4 aromatic carbocycles. The van der Waals surface area contributed by atoms with Crippen LogP contribution < -0.4 is 19.5 Å². The number of carbonyl (C=O) groups excluding carboxylic acids is 1. The van der Waals surface area contributed by atoms with Crippen molar-refractivity contribution < 1.29 is 22.7 Å². The van der Waals surface area contributed by atoms with E-state index < -0.39 is 16.1 Å². The summed E-state index contributed by atoms with van der Waals surface area (Å²) in [4.78, 5) is 13.0. The molecule has 180 valence electrons. The number of carbonyl (C=O) groups is 1. The van der Waals surface area contributed by atoms with Crippen molar-refractivity contribution in [3.05, 3.63) is 91.0 Å². The number of anilines is 2. The van der Waals surface area contributed by atoms with E-state index in [1.807, 2.05) is 49.4 Å². The zero-order valence-electron chi connectivity index (χ0n) is 19.4.